The van der Waals surface area contributed by atoms with Crippen molar-refractivity contribution in [3.63, 3.8) is 0 Å². The Hall–Kier alpha value is -0.790. The molecule has 10 heavy (non-hydrogen) atoms. The van der Waals surface area contributed by atoms with Gasteiger partial charge in [0, 0.05) is 13.2 Å². The highest BCUT2D eigenvalue weighted by Gasteiger charge is 1.99. The Bertz CT molecular complexity index is 213. The molecule has 2 heteroatoms. The fraction of sp³-hybridized carbons (Fsp3) is 0.625. The Morgan fingerprint density at radius 3 is 2.70 bits per heavy atom. The molecule has 1 rings (SSSR count). The van der Waals surface area contributed by atoms with E-state index in [4.69, 9.17) is 0 Å². The van der Waals surface area contributed by atoms with Gasteiger partial charge < -0.3 is 0 Å². The van der Waals surface area contributed by atoms with Crippen LogP contribution in [0.3, 0.4) is 0 Å². The normalized spacial score (nSPS) is 10.3. The maximum absolute atomic E-state index is 4.32. The molecule has 0 saturated carbocycles. The largest absolute Gasteiger partial charge is 0.275 e. The van der Waals surface area contributed by atoms with Gasteiger partial charge in [0.1, 0.15) is 0 Å². The van der Waals surface area contributed by atoms with Crippen LogP contribution in [0.15, 0.2) is 6.20 Å². The lowest BCUT2D eigenvalue weighted by Gasteiger charge is -1.90. The molecule has 0 unspecified atom stereocenters. The highest BCUT2D eigenvalue weighted by Crippen LogP contribution is 2.05. The number of hydrogen-bond acceptors (Lipinski definition) is 1. The Balaban J connectivity index is 2.81. The van der Waals surface area contributed by atoms with Crippen molar-refractivity contribution >= 4 is 0 Å². The smallest absolute Gasteiger partial charge is 0.0653 e. The average Bonchev–Trinajstić information content (AvgIpc) is 2.13. The summed E-state index contributed by atoms with van der Waals surface area (Å²) in [7, 11) is 1.96. The second-order valence-corrected chi connectivity index (χ2v) is 2.68. The molecule has 1 heterocycles. The fourth-order valence-corrected chi connectivity index (χ4v) is 1.14. The average molecular weight is 138 g/mol. The van der Waals surface area contributed by atoms with Crippen molar-refractivity contribution in [1.82, 2.24) is 9.78 Å². The third-order valence-corrected chi connectivity index (χ3v) is 1.60. The first kappa shape index (κ1) is 7.32. The van der Waals surface area contributed by atoms with E-state index >= 15 is 0 Å². The van der Waals surface area contributed by atoms with Crippen LogP contribution in [-0.2, 0) is 13.5 Å². The molecule has 1 aromatic rings. The van der Waals surface area contributed by atoms with Gasteiger partial charge in [-0.2, -0.15) is 5.10 Å². The highest BCUT2D eigenvalue weighted by molar-refractivity contribution is 5.14. The van der Waals surface area contributed by atoms with E-state index in [0.29, 0.717) is 0 Å². The minimum atomic E-state index is 1.10. The zero-order valence-corrected chi connectivity index (χ0v) is 6.89. The van der Waals surface area contributed by atoms with E-state index in [9.17, 15) is 0 Å². The molecule has 0 amide bonds. The zero-order chi connectivity index (χ0) is 7.56. The summed E-state index contributed by atoms with van der Waals surface area (Å²) in [5.74, 6) is 0. The van der Waals surface area contributed by atoms with E-state index < -0.39 is 0 Å². The number of rotatable bonds is 2. The molecule has 0 fully saturated rings. The SMILES string of the molecule is CCCc1nn(C)cc1C. The fourth-order valence-electron chi connectivity index (χ4n) is 1.14. The van der Waals surface area contributed by atoms with Gasteiger partial charge in [-0.1, -0.05) is 13.3 Å². The number of aryl methyl sites for hydroxylation is 3. The molecule has 0 aliphatic heterocycles. The summed E-state index contributed by atoms with van der Waals surface area (Å²) in [5.41, 5.74) is 2.55. The Morgan fingerprint density at radius 2 is 2.30 bits per heavy atom. The van der Waals surface area contributed by atoms with E-state index in [1.807, 2.05) is 11.7 Å². The Labute approximate surface area is 61.9 Å². The molecular weight excluding hydrogens is 124 g/mol. The van der Waals surface area contributed by atoms with Crippen molar-refractivity contribution in [2.75, 3.05) is 0 Å². The first-order chi connectivity index (χ1) is 4.74. The van der Waals surface area contributed by atoms with Crippen LogP contribution in [0.5, 0.6) is 0 Å². The van der Waals surface area contributed by atoms with E-state index in [-0.39, 0.29) is 0 Å². The number of aromatic nitrogens is 2. The van der Waals surface area contributed by atoms with Gasteiger partial charge in [-0.15, -0.1) is 0 Å². The molecule has 0 aromatic carbocycles. The Kier molecular flexibility index (Phi) is 2.10. The van der Waals surface area contributed by atoms with Gasteiger partial charge in [-0.25, -0.2) is 0 Å². The molecule has 0 radical (unpaired) electrons. The zero-order valence-electron chi connectivity index (χ0n) is 6.89. The van der Waals surface area contributed by atoms with Crippen LogP contribution in [-0.4, -0.2) is 9.78 Å². The minimum Gasteiger partial charge on any atom is -0.275 e. The lowest BCUT2D eigenvalue weighted by molar-refractivity contribution is 0.733. The maximum Gasteiger partial charge on any atom is 0.0653 e. The molecule has 0 aliphatic carbocycles. The molecule has 56 valence electrons. The monoisotopic (exact) mass is 138 g/mol. The van der Waals surface area contributed by atoms with Gasteiger partial charge in [-0.3, -0.25) is 4.68 Å². The predicted molar refractivity (Wildman–Crippen MR) is 41.9 cm³/mol. The summed E-state index contributed by atoms with van der Waals surface area (Å²) in [6.07, 6.45) is 4.34. The summed E-state index contributed by atoms with van der Waals surface area (Å²) in [6.45, 7) is 4.28. The quantitative estimate of drug-likeness (QED) is 0.608. The standard InChI is InChI=1S/C8H14N2/c1-4-5-8-7(2)6-10(3)9-8/h6H,4-5H2,1-3H3. The van der Waals surface area contributed by atoms with Crippen LogP contribution in [0.25, 0.3) is 0 Å². The molecule has 0 saturated heterocycles. The Morgan fingerprint density at radius 1 is 1.60 bits per heavy atom. The maximum atomic E-state index is 4.32. The molecule has 0 aliphatic rings. The van der Waals surface area contributed by atoms with E-state index in [0.717, 1.165) is 6.42 Å². The van der Waals surface area contributed by atoms with Crippen molar-refractivity contribution in [2.24, 2.45) is 7.05 Å². The molecule has 2 nitrogen and oxygen atoms in total. The predicted octanol–water partition coefficient (Wildman–Crippen LogP) is 1.68. The van der Waals surface area contributed by atoms with Crippen molar-refractivity contribution in [3.8, 4) is 0 Å². The van der Waals surface area contributed by atoms with Crippen molar-refractivity contribution < 1.29 is 0 Å². The summed E-state index contributed by atoms with van der Waals surface area (Å²) < 4.78 is 1.88. The van der Waals surface area contributed by atoms with Crippen LogP contribution in [0.4, 0.5) is 0 Å². The van der Waals surface area contributed by atoms with Gasteiger partial charge in [0.25, 0.3) is 0 Å². The van der Waals surface area contributed by atoms with Crippen LogP contribution < -0.4 is 0 Å². The van der Waals surface area contributed by atoms with Crippen LogP contribution >= 0.6 is 0 Å². The molecule has 0 bridgehead atoms. The lowest BCUT2D eigenvalue weighted by atomic mass is 10.2. The summed E-state index contributed by atoms with van der Waals surface area (Å²) in [6, 6.07) is 0. The van der Waals surface area contributed by atoms with E-state index in [2.05, 4.69) is 25.1 Å². The van der Waals surface area contributed by atoms with Gasteiger partial charge in [-0.05, 0) is 18.9 Å². The highest BCUT2D eigenvalue weighted by atomic mass is 15.2. The third-order valence-electron chi connectivity index (χ3n) is 1.60. The first-order valence-corrected chi connectivity index (χ1v) is 3.73. The topological polar surface area (TPSA) is 17.8 Å². The molecular formula is C8H14N2. The summed E-state index contributed by atoms with van der Waals surface area (Å²) >= 11 is 0. The summed E-state index contributed by atoms with van der Waals surface area (Å²) in [4.78, 5) is 0. The molecule has 1 aromatic heterocycles. The van der Waals surface area contributed by atoms with Gasteiger partial charge in [0.05, 0.1) is 5.69 Å². The van der Waals surface area contributed by atoms with Crippen LogP contribution in [0, 0.1) is 6.92 Å². The van der Waals surface area contributed by atoms with Crippen molar-refractivity contribution in [2.45, 2.75) is 26.7 Å². The number of nitrogens with zero attached hydrogens (tertiary/aromatic N) is 2. The first-order valence-electron chi connectivity index (χ1n) is 3.73. The molecule has 0 spiro atoms. The van der Waals surface area contributed by atoms with Crippen molar-refractivity contribution in [3.05, 3.63) is 17.5 Å². The van der Waals surface area contributed by atoms with Gasteiger partial charge in [0.2, 0.25) is 0 Å². The molecule has 0 N–H and O–H groups in total. The summed E-state index contributed by atoms with van der Waals surface area (Å²) in [5, 5.41) is 4.32. The lowest BCUT2D eigenvalue weighted by Crippen LogP contribution is -1.90. The minimum absolute atomic E-state index is 1.10. The van der Waals surface area contributed by atoms with Crippen LogP contribution in [0.2, 0.25) is 0 Å². The van der Waals surface area contributed by atoms with E-state index in [1.54, 1.807) is 0 Å². The second kappa shape index (κ2) is 2.86. The van der Waals surface area contributed by atoms with E-state index in [1.165, 1.54) is 17.7 Å². The van der Waals surface area contributed by atoms with Crippen molar-refractivity contribution in [1.29, 1.82) is 0 Å². The van der Waals surface area contributed by atoms with Crippen LogP contribution in [0.1, 0.15) is 24.6 Å². The molecule has 0 atom stereocenters. The van der Waals surface area contributed by atoms with Gasteiger partial charge in [0.15, 0.2) is 0 Å². The van der Waals surface area contributed by atoms with Gasteiger partial charge >= 0.3 is 0 Å². The third kappa shape index (κ3) is 1.38. The number of hydrogen-bond donors (Lipinski definition) is 0. The second-order valence-electron chi connectivity index (χ2n) is 2.68.